The van der Waals surface area contributed by atoms with Crippen LogP contribution in [0, 0.1) is 0 Å². The molecule has 0 heterocycles. The van der Waals surface area contributed by atoms with E-state index in [-0.39, 0.29) is 16.5 Å². The van der Waals surface area contributed by atoms with E-state index in [2.05, 4.69) is 66.0 Å². The number of hydrogen-bond acceptors (Lipinski definition) is 2. The summed E-state index contributed by atoms with van der Waals surface area (Å²) in [5.74, 6) is 0.129. The van der Waals surface area contributed by atoms with Crippen molar-refractivity contribution in [3.05, 3.63) is 12.2 Å². The maximum atomic E-state index is 11.5. The Balaban J connectivity index is 4.35. The maximum absolute atomic E-state index is 11.5. The van der Waals surface area contributed by atoms with Crippen LogP contribution in [-0.4, -0.2) is 26.4 Å². The smallest absolute Gasteiger partial charge is 0.220 e. The lowest BCUT2D eigenvalue weighted by atomic mass is 10.1. The Morgan fingerprint density at radius 2 is 1.76 bits per heavy atom. The molecule has 0 fully saturated rings. The van der Waals surface area contributed by atoms with E-state index >= 15 is 0 Å². The summed E-state index contributed by atoms with van der Waals surface area (Å²) >= 11 is 0. The van der Waals surface area contributed by atoms with E-state index in [9.17, 15) is 4.79 Å². The molecule has 0 aromatic rings. The minimum absolute atomic E-state index is 0.129. The van der Waals surface area contributed by atoms with E-state index in [1.54, 1.807) is 0 Å². The topological polar surface area (TPSA) is 38.3 Å². The van der Waals surface area contributed by atoms with Crippen LogP contribution in [0.15, 0.2) is 12.2 Å². The van der Waals surface area contributed by atoms with Gasteiger partial charge in [0.05, 0.1) is 5.60 Å². The van der Waals surface area contributed by atoms with Crippen LogP contribution in [-0.2, 0) is 9.22 Å². The van der Waals surface area contributed by atoms with Crippen molar-refractivity contribution in [2.75, 3.05) is 6.54 Å². The van der Waals surface area contributed by atoms with Gasteiger partial charge in [0.2, 0.25) is 5.91 Å². The van der Waals surface area contributed by atoms with Crippen LogP contribution >= 0.6 is 0 Å². The van der Waals surface area contributed by atoms with E-state index < -0.39 is 8.32 Å². The molecule has 0 atom stereocenters. The van der Waals surface area contributed by atoms with Gasteiger partial charge >= 0.3 is 0 Å². The lowest BCUT2D eigenvalue weighted by Gasteiger charge is -2.41. The lowest BCUT2D eigenvalue weighted by molar-refractivity contribution is -0.120. The first-order chi connectivity index (χ1) is 9.41. The Morgan fingerprint density at radius 3 is 2.24 bits per heavy atom. The molecule has 21 heavy (non-hydrogen) atoms. The number of amides is 1. The van der Waals surface area contributed by atoms with Gasteiger partial charge in [-0.25, -0.2) is 0 Å². The van der Waals surface area contributed by atoms with Gasteiger partial charge < -0.3 is 9.74 Å². The van der Waals surface area contributed by atoms with Crippen molar-refractivity contribution < 1.29 is 9.22 Å². The number of unbranched alkanes of at least 4 members (excludes halogenated alkanes) is 1. The molecule has 0 radical (unpaired) electrons. The van der Waals surface area contributed by atoms with Gasteiger partial charge in [0.25, 0.3) is 0 Å². The molecule has 3 nitrogen and oxygen atoms in total. The lowest BCUT2D eigenvalue weighted by Crippen LogP contribution is -2.46. The van der Waals surface area contributed by atoms with Crippen molar-refractivity contribution in [1.29, 1.82) is 0 Å². The largest absolute Gasteiger partial charge is 0.409 e. The molecule has 4 heteroatoms. The van der Waals surface area contributed by atoms with Crippen LogP contribution in [0.3, 0.4) is 0 Å². The Bertz CT molecular complexity index is 354. The molecule has 0 aromatic carbocycles. The molecule has 0 bridgehead atoms. The predicted octanol–water partition coefficient (Wildman–Crippen LogP) is 4.65. The summed E-state index contributed by atoms with van der Waals surface area (Å²) < 4.78 is 6.40. The van der Waals surface area contributed by atoms with E-state index in [1.165, 1.54) is 0 Å². The second-order valence-electron chi connectivity index (χ2n) is 7.78. The normalized spacial score (nSPS) is 13.7. The summed E-state index contributed by atoms with van der Waals surface area (Å²) in [5, 5.41) is 3.11. The van der Waals surface area contributed by atoms with Crippen LogP contribution < -0.4 is 5.32 Å². The zero-order chi connectivity index (χ0) is 16.7. The molecule has 0 aliphatic heterocycles. The van der Waals surface area contributed by atoms with Crippen LogP contribution in [0.1, 0.15) is 60.8 Å². The first kappa shape index (κ1) is 20.4. The summed E-state index contributed by atoms with van der Waals surface area (Å²) in [6, 6.07) is 0. The van der Waals surface area contributed by atoms with Gasteiger partial charge in [-0.2, -0.15) is 0 Å². The molecule has 0 unspecified atom stereocenters. The first-order valence-corrected chi connectivity index (χ1v) is 11.0. The molecule has 0 aromatic heterocycles. The first-order valence-electron chi connectivity index (χ1n) is 8.06. The van der Waals surface area contributed by atoms with Crippen LogP contribution in [0.2, 0.25) is 18.1 Å². The molecule has 0 aliphatic rings. The standard InChI is InChI=1S/C17H35NO2Si/c1-9-10-12-15(19)18-14-11-13-17(5,6)20-21(7,8)16(2,3)4/h11,13H,9-10,12,14H2,1-8H3,(H,18,19). The van der Waals surface area contributed by atoms with Crippen molar-refractivity contribution in [1.82, 2.24) is 5.32 Å². The predicted molar refractivity (Wildman–Crippen MR) is 94.0 cm³/mol. The molecule has 1 amide bonds. The van der Waals surface area contributed by atoms with E-state index in [0.717, 1.165) is 12.8 Å². The molecule has 0 saturated heterocycles. The molecule has 0 spiro atoms. The Labute approximate surface area is 132 Å². The molecule has 1 N–H and O–H groups in total. The monoisotopic (exact) mass is 313 g/mol. The second kappa shape index (κ2) is 8.13. The van der Waals surface area contributed by atoms with Crippen molar-refractivity contribution >= 4 is 14.2 Å². The molecule has 0 rings (SSSR count). The molecule has 0 saturated carbocycles. The van der Waals surface area contributed by atoms with Crippen LogP contribution in [0.5, 0.6) is 0 Å². The third kappa shape index (κ3) is 8.42. The Hall–Kier alpha value is -0.613. The summed E-state index contributed by atoms with van der Waals surface area (Å²) in [5.41, 5.74) is -0.294. The Kier molecular flexibility index (Phi) is 7.90. The average Bonchev–Trinajstić information content (AvgIpc) is 2.29. The Morgan fingerprint density at radius 1 is 1.19 bits per heavy atom. The van der Waals surface area contributed by atoms with E-state index in [4.69, 9.17) is 4.43 Å². The molecule has 124 valence electrons. The quantitative estimate of drug-likeness (QED) is 0.523. The highest BCUT2D eigenvalue weighted by molar-refractivity contribution is 6.74. The van der Waals surface area contributed by atoms with Gasteiger partial charge in [-0.05, 0) is 38.4 Å². The maximum Gasteiger partial charge on any atom is 0.220 e. The third-order valence-corrected chi connectivity index (χ3v) is 8.67. The van der Waals surface area contributed by atoms with Gasteiger partial charge in [0.1, 0.15) is 0 Å². The highest BCUT2D eigenvalue weighted by Crippen LogP contribution is 2.39. The molecular formula is C17H35NO2Si. The number of rotatable bonds is 8. The summed E-state index contributed by atoms with van der Waals surface area (Å²) in [6.07, 6.45) is 6.69. The van der Waals surface area contributed by atoms with Crippen LogP contribution in [0.25, 0.3) is 0 Å². The van der Waals surface area contributed by atoms with Crippen molar-refractivity contribution in [3.63, 3.8) is 0 Å². The van der Waals surface area contributed by atoms with Crippen molar-refractivity contribution in [3.8, 4) is 0 Å². The van der Waals surface area contributed by atoms with Gasteiger partial charge in [0.15, 0.2) is 8.32 Å². The fourth-order valence-electron chi connectivity index (χ4n) is 1.79. The van der Waals surface area contributed by atoms with Gasteiger partial charge in [0, 0.05) is 13.0 Å². The average molecular weight is 314 g/mol. The number of nitrogens with one attached hydrogen (secondary N) is 1. The fourth-order valence-corrected chi connectivity index (χ4v) is 3.48. The summed E-state index contributed by atoms with van der Waals surface area (Å²) in [4.78, 5) is 11.5. The number of carbonyl (C=O) groups excluding carboxylic acids is 1. The van der Waals surface area contributed by atoms with E-state index in [0.29, 0.717) is 13.0 Å². The minimum Gasteiger partial charge on any atom is -0.409 e. The number of carbonyl (C=O) groups is 1. The van der Waals surface area contributed by atoms with Gasteiger partial charge in [-0.15, -0.1) is 0 Å². The third-order valence-electron chi connectivity index (χ3n) is 4.02. The second-order valence-corrected chi connectivity index (χ2v) is 12.5. The van der Waals surface area contributed by atoms with Crippen molar-refractivity contribution in [2.45, 2.75) is 84.5 Å². The van der Waals surface area contributed by atoms with Crippen LogP contribution in [0.4, 0.5) is 0 Å². The highest BCUT2D eigenvalue weighted by Gasteiger charge is 2.40. The summed E-state index contributed by atoms with van der Waals surface area (Å²) in [6.45, 7) is 18.1. The molecular weight excluding hydrogens is 278 g/mol. The SMILES string of the molecule is CCCCC(=O)NCC=CC(C)(C)O[Si](C)(C)C(C)(C)C. The van der Waals surface area contributed by atoms with Crippen molar-refractivity contribution in [2.24, 2.45) is 0 Å². The highest BCUT2D eigenvalue weighted by atomic mass is 28.4. The number of hydrogen-bond donors (Lipinski definition) is 1. The summed E-state index contributed by atoms with van der Waals surface area (Å²) in [7, 11) is -1.78. The van der Waals surface area contributed by atoms with Gasteiger partial charge in [-0.1, -0.05) is 46.3 Å². The minimum atomic E-state index is -1.78. The zero-order valence-corrected chi connectivity index (χ0v) is 16.3. The fraction of sp³-hybridized carbons (Fsp3) is 0.824. The zero-order valence-electron chi connectivity index (χ0n) is 15.3. The van der Waals surface area contributed by atoms with E-state index in [1.807, 2.05) is 6.08 Å². The molecule has 0 aliphatic carbocycles. The van der Waals surface area contributed by atoms with Gasteiger partial charge in [-0.3, -0.25) is 4.79 Å².